The number of alkyl halides is 3. The number of piperidine rings is 1. The molecule has 2 rings (SSSR count). The fourth-order valence-corrected chi connectivity index (χ4v) is 3.23. The van der Waals surface area contributed by atoms with Gasteiger partial charge in [-0.2, -0.15) is 13.2 Å². The van der Waals surface area contributed by atoms with Crippen molar-refractivity contribution in [2.45, 2.75) is 38.1 Å². The summed E-state index contributed by atoms with van der Waals surface area (Å²) in [6.45, 7) is 2.56. The minimum Gasteiger partial charge on any atom is -0.380 e. The quantitative estimate of drug-likeness (QED) is 0.885. The first kappa shape index (κ1) is 17.2. The Hall–Kier alpha value is -1.12. The van der Waals surface area contributed by atoms with Crippen LogP contribution in [0.2, 0.25) is 0 Å². The van der Waals surface area contributed by atoms with Crippen LogP contribution in [0.3, 0.4) is 0 Å². The van der Waals surface area contributed by atoms with Gasteiger partial charge in [-0.3, -0.25) is 9.69 Å². The van der Waals surface area contributed by atoms with E-state index in [2.05, 4.69) is 5.32 Å². The predicted octanol–water partition coefficient (Wildman–Crippen LogP) is 2.06. The Morgan fingerprint density at radius 1 is 1.45 bits per heavy atom. The van der Waals surface area contributed by atoms with E-state index in [1.165, 1.54) is 0 Å². The number of amides is 1. The summed E-state index contributed by atoms with van der Waals surface area (Å²) in [5.74, 6) is -0.217. The molecular weight excluding hydrogens is 317 g/mol. The molecule has 0 aliphatic carbocycles. The topological polar surface area (TPSA) is 52.6 Å². The van der Waals surface area contributed by atoms with Crippen molar-refractivity contribution in [3.8, 4) is 0 Å². The molecule has 1 aliphatic rings. The average Bonchev–Trinajstić information content (AvgIpc) is 2.83. The fourth-order valence-electron chi connectivity index (χ4n) is 2.39. The van der Waals surface area contributed by atoms with E-state index in [-0.39, 0.29) is 25.5 Å². The zero-order valence-corrected chi connectivity index (χ0v) is 13.1. The Bertz CT molecular complexity index is 522. The summed E-state index contributed by atoms with van der Waals surface area (Å²) in [4.78, 5) is 14.5. The summed E-state index contributed by atoms with van der Waals surface area (Å²) in [6, 6.07) is 1.97. The molecule has 1 aromatic rings. The van der Waals surface area contributed by atoms with Gasteiger partial charge in [-0.1, -0.05) is 0 Å². The molecule has 0 unspecified atom stereocenters. The van der Waals surface area contributed by atoms with E-state index >= 15 is 0 Å². The number of hydrogen-bond donors (Lipinski definition) is 2. The molecule has 1 amide bonds. The van der Waals surface area contributed by atoms with E-state index in [0.29, 0.717) is 6.54 Å². The monoisotopic (exact) mass is 336 g/mol. The SMILES string of the molecule is Cc1ccsc1CNC(=O)CN1CCC(O)(C(F)(F)F)CC1. The van der Waals surface area contributed by atoms with Crippen molar-refractivity contribution >= 4 is 17.2 Å². The van der Waals surface area contributed by atoms with Crippen molar-refractivity contribution in [3.63, 3.8) is 0 Å². The number of aliphatic hydroxyl groups is 1. The van der Waals surface area contributed by atoms with Gasteiger partial charge in [-0.05, 0) is 36.8 Å². The van der Waals surface area contributed by atoms with Crippen LogP contribution in [0.5, 0.6) is 0 Å². The molecule has 0 spiro atoms. The van der Waals surface area contributed by atoms with Crippen LogP contribution in [0.25, 0.3) is 0 Å². The van der Waals surface area contributed by atoms with Crippen LogP contribution in [-0.4, -0.2) is 47.3 Å². The molecule has 0 aromatic carbocycles. The summed E-state index contributed by atoms with van der Waals surface area (Å²) in [5, 5.41) is 14.3. The predicted molar refractivity (Wildman–Crippen MR) is 77.6 cm³/mol. The van der Waals surface area contributed by atoms with E-state index in [1.54, 1.807) is 16.2 Å². The van der Waals surface area contributed by atoms with Gasteiger partial charge in [0.2, 0.25) is 5.91 Å². The number of hydrogen-bond acceptors (Lipinski definition) is 4. The number of aryl methyl sites for hydroxylation is 1. The van der Waals surface area contributed by atoms with Gasteiger partial charge in [0.1, 0.15) is 0 Å². The number of nitrogens with zero attached hydrogens (tertiary/aromatic N) is 1. The highest BCUT2D eigenvalue weighted by Crippen LogP contribution is 2.38. The van der Waals surface area contributed by atoms with Crippen molar-refractivity contribution in [2.75, 3.05) is 19.6 Å². The maximum absolute atomic E-state index is 12.7. The van der Waals surface area contributed by atoms with Gasteiger partial charge in [0.05, 0.1) is 13.1 Å². The molecule has 0 bridgehead atoms. The van der Waals surface area contributed by atoms with Crippen molar-refractivity contribution in [3.05, 3.63) is 21.9 Å². The highest BCUT2D eigenvalue weighted by atomic mass is 32.1. The highest BCUT2D eigenvalue weighted by molar-refractivity contribution is 7.10. The molecule has 0 radical (unpaired) electrons. The first-order chi connectivity index (χ1) is 10.2. The van der Waals surface area contributed by atoms with Gasteiger partial charge in [-0.25, -0.2) is 0 Å². The molecule has 4 nitrogen and oxygen atoms in total. The second kappa shape index (κ2) is 6.55. The van der Waals surface area contributed by atoms with Gasteiger partial charge in [0, 0.05) is 18.0 Å². The highest BCUT2D eigenvalue weighted by Gasteiger charge is 2.54. The summed E-state index contributed by atoms with van der Waals surface area (Å²) < 4.78 is 38.1. The van der Waals surface area contributed by atoms with Gasteiger partial charge in [0.25, 0.3) is 0 Å². The van der Waals surface area contributed by atoms with Crippen LogP contribution >= 0.6 is 11.3 Å². The molecule has 1 aromatic heterocycles. The summed E-state index contributed by atoms with van der Waals surface area (Å²) in [7, 11) is 0. The maximum Gasteiger partial charge on any atom is 0.417 e. The van der Waals surface area contributed by atoms with Crippen LogP contribution in [0.1, 0.15) is 23.3 Å². The minimum atomic E-state index is -4.61. The number of nitrogens with one attached hydrogen (secondary N) is 1. The van der Waals surface area contributed by atoms with Gasteiger partial charge in [-0.15, -0.1) is 11.3 Å². The van der Waals surface area contributed by atoms with Crippen molar-refractivity contribution in [1.29, 1.82) is 0 Å². The average molecular weight is 336 g/mol. The molecule has 1 fully saturated rings. The first-order valence-electron chi connectivity index (χ1n) is 7.02. The fraction of sp³-hybridized carbons (Fsp3) is 0.643. The molecule has 22 heavy (non-hydrogen) atoms. The Morgan fingerprint density at radius 2 is 2.09 bits per heavy atom. The largest absolute Gasteiger partial charge is 0.417 e. The Morgan fingerprint density at radius 3 is 2.59 bits per heavy atom. The van der Waals surface area contributed by atoms with Crippen LogP contribution in [0.4, 0.5) is 13.2 Å². The molecule has 1 saturated heterocycles. The number of likely N-dealkylation sites (tertiary alicyclic amines) is 1. The van der Waals surface area contributed by atoms with Crippen LogP contribution in [-0.2, 0) is 11.3 Å². The molecular formula is C14H19F3N2O2S. The zero-order valence-electron chi connectivity index (χ0n) is 12.2. The maximum atomic E-state index is 12.7. The van der Waals surface area contributed by atoms with Gasteiger partial charge in [0.15, 0.2) is 5.60 Å². The molecule has 2 heterocycles. The zero-order chi connectivity index (χ0) is 16.4. The number of rotatable bonds is 4. The van der Waals surface area contributed by atoms with Gasteiger partial charge < -0.3 is 10.4 Å². The number of carbonyl (C=O) groups excluding carboxylic acids is 1. The smallest absolute Gasteiger partial charge is 0.380 e. The third-order valence-corrected chi connectivity index (χ3v) is 5.02. The van der Waals surface area contributed by atoms with Crippen molar-refractivity contribution in [1.82, 2.24) is 10.2 Å². The van der Waals surface area contributed by atoms with Gasteiger partial charge >= 0.3 is 6.18 Å². The van der Waals surface area contributed by atoms with E-state index in [4.69, 9.17) is 0 Å². The lowest BCUT2D eigenvalue weighted by atomic mass is 9.91. The van der Waals surface area contributed by atoms with Crippen LogP contribution in [0, 0.1) is 6.92 Å². The van der Waals surface area contributed by atoms with E-state index in [9.17, 15) is 23.1 Å². The summed E-state index contributed by atoms with van der Waals surface area (Å²) in [5.41, 5.74) is -1.51. The third kappa shape index (κ3) is 3.99. The Balaban J connectivity index is 1.76. The minimum absolute atomic E-state index is 0.0539. The van der Waals surface area contributed by atoms with Crippen LogP contribution in [0.15, 0.2) is 11.4 Å². The number of thiophene rings is 1. The molecule has 1 aliphatic heterocycles. The second-order valence-corrected chi connectivity index (χ2v) is 6.61. The lowest BCUT2D eigenvalue weighted by Gasteiger charge is -2.38. The van der Waals surface area contributed by atoms with Crippen molar-refractivity contribution < 1.29 is 23.1 Å². The normalized spacial score (nSPS) is 19.1. The van der Waals surface area contributed by atoms with Crippen molar-refractivity contribution in [2.24, 2.45) is 0 Å². The lowest BCUT2D eigenvalue weighted by Crippen LogP contribution is -2.54. The number of carbonyl (C=O) groups is 1. The Kier molecular flexibility index (Phi) is 5.14. The van der Waals surface area contributed by atoms with E-state index in [1.807, 2.05) is 18.4 Å². The lowest BCUT2D eigenvalue weighted by molar-refractivity contribution is -0.272. The number of halogens is 3. The molecule has 0 atom stereocenters. The standard InChI is InChI=1S/C14H19F3N2O2S/c1-10-2-7-22-11(10)8-18-12(20)9-19-5-3-13(21,4-6-19)14(15,16)17/h2,7,21H,3-6,8-9H2,1H3,(H,18,20). The molecule has 2 N–H and O–H groups in total. The third-order valence-electron chi connectivity index (χ3n) is 3.99. The van der Waals surface area contributed by atoms with E-state index in [0.717, 1.165) is 10.4 Å². The molecule has 8 heteroatoms. The molecule has 124 valence electrons. The molecule has 0 saturated carbocycles. The first-order valence-corrected chi connectivity index (χ1v) is 7.90. The Labute approximate surface area is 130 Å². The summed E-state index contributed by atoms with van der Waals surface area (Å²) in [6.07, 6.45) is -5.40. The van der Waals surface area contributed by atoms with E-state index < -0.39 is 24.6 Å². The van der Waals surface area contributed by atoms with Crippen LogP contribution < -0.4 is 5.32 Å². The summed E-state index contributed by atoms with van der Waals surface area (Å²) >= 11 is 1.55. The second-order valence-electron chi connectivity index (χ2n) is 5.61.